The number of para-hydroxylation sites is 1. The lowest BCUT2D eigenvalue weighted by molar-refractivity contribution is -0.150. The van der Waals surface area contributed by atoms with E-state index in [1.54, 1.807) is 31.3 Å². The molecule has 1 aromatic heterocycles. The van der Waals surface area contributed by atoms with Crippen LogP contribution in [-0.4, -0.2) is 43.9 Å². The monoisotopic (exact) mass is 299 g/mol. The summed E-state index contributed by atoms with van der Waals surface area (Å²) in [6, 6.07) is 5.20. The fraction of sp³-hybridized carbons (Fsp3) is 0.375. The average Bonchev–Trinajstić information content (AvgIpc) is 2.54. The Hall–Kier alpha value is -2.50. The van der Waals surface area contributed by atoms with E-state index in [9.17, 15) is 14.7 Å². The van der Waals surface area contributed by atoms with Crippen molar-refractivity contribution in [1.29, 1.82) is 0 Å². The van der Waals surface area contributed by atoms with E-state index in [2.05, 4.69) is 9.97 Å². The Bertz CT molecular complexity index is 741. The number of benzene rings is 1. The molecule has 0 aliphatic carbocycles. The predicted octanol–water partition coefficient (Wildman–Crippen LogP) is 2.10. The molecule has 22 heavy (non-hydrogen) atoms. The van der Waals surface area contributed by atoms with Crippen LogP contribution in [-0.2, 0) is 4.79 Å². The number of carboxylic acids is 1. The maximum atomic E-state index is 12.9. The van der Waals surface area contributed by atoms with E-state index in [0.29, 0.717) is 29.6 Å². The van der Waals surface area contributed by atoms with E-state index < -0.39 is 11.5 Å². The van der Waals surface area contributed by atoms with Crippen molar-refractivity contribution >= 4 is 22.9 Å². The van der Waals surface area contributed by atoms with Gasteiger partial charge in [0.25, 0.3) is 5.91 Å². The van der Waals surface area contributed by atoms with Crippen LogP contribution < -0.4 is 0 Å². The van der Waals surface area contributed by atoms with E-state index in [1.165, 1.54) is 11.1 Å². The summed E-state index contributed by atoms with van der Waals surface area (Å²) < 4.78 is 0. The van der Waals surface area contributed by atoms with Crippen molar-refractivity contribution in [1.82, 2.24) is 14.9 Å². The lowest BCUT2D eigenvalue weighted by Crippen LogP contribution is -2.57. The van der Waals surface area contributed by atoms with Crippen LogP contribution in [0.4, 0.5) is 0 Å². The minimum Gasteiger partial charge on any atom is -0.480 e. The van der Waals surface area contributed by atoms with Gasteiger partial charge in [-0.3, -0.25) is 14.8 Å². The molecule has 1 N–H and O–H groups in total. The first-order valence-electron chi connectivity index (χ1n) is 7.29. The van der Waals surface area contributed by atoms with E-state index in [4.69, 9.17) is 0 Å². The average molecular weight is 299 g/mol. The van der Waals surface area contributed by atoms with Gasteiger partial charge in [0.1, 0.15) is 11.1 Å². The van der Waals surface area contributed by atoms with Gasteiger partial charge in [-0.25, -0.2) is 4.79 Å². The molecule has 0 saturated carbocycles. The highest BCUT2D eigenvalue weighted by Gasteiger charge is 2.44. The summed E-state index contributed by atoms with van der Waals surface area (Å²) in [4.78, 5) is 34.5. The van der Waals surface area contributed by atoms with Crippen LogP contribution in [0.25, 0.3) is 11.0 Å². The minimum absolute atomic E-state index is 0.296. The molecule has 0 spiro atoms. The molecule has 1 aliphatic heterocycles. The van der Waals surface area contributed by atoms with Crippen molar-refractivity contribution in [3.63, 3.8) is 0 Å². The molecule has 0 bridgehead atoms. The molecule has 1 aliphatic rings. The van der Waals surface area contributed by atoms with Crippen LogP contribution in [0.1, 0.15) is 36.5 Å². The van der Waals surface area contributed by atoms with E-state index in [-0.39, 0.29) is 5.91 Å². The van der Waals surface area contributed by atoms with Crippen LogP contribution in [0, 0.1) is 0 Å². The number of carbonyl (C=O) groups is 2. The molecule has 1 unspecified atom stereocenters. The number of rotatable bonds is 2. The number of nitrogens with zero attached hydrogens (tertiary/aromatic N) is 3. The Morgan fingerprint density at radius 1 is 1.23 bits per heavy atom. The highest BCUT2D eigenvalue weighted by atomic mass is 16.4. The zero-order chi connectivity index (χ0) is 15.7. The SMILES string of the molecule is CC1(C(=O)O)CCCCN1C(=O)c1cccc2nccnc12. The predicted molar refractivity (Wildman–Crippen MR) is 80.5 cm³/mol. The molecular formula is C16H17N3O3. The summed E-state index contributed by atoms with van der Waals surface area (Å²) in [6.07, 6.45) is 5.18. The van der Waals surface area contributed by atoms with Gasteiger partial charge in [-0.2, -0.15) is 0 Å². The number of aromatic nitrogens is 2. The number of amides is 1. The van der Waals surface area contributed by atoms with E-state index in [0.717, 1.165) is 12.8 Å². The zero-order valence-corrected chi connectivity index (χ0v) is 12.3. The quantitative estimate of drug-likeness (QED) is 0.918. The number of fused-ring (bicyclic) bond motifs is 1. The number of likely N-dealkylation sites (tertiary alicyclic amines) is 1. The lowest BCUT2D eigenvalue weighted by Gasteiger charge is -2.41. The van der Waals surface area contributed by atoms with Gasteiger partial charge < -0.3 is 10.0 Å². The third kappa shape index (κ3) is 2.20. The molecule has 2 heterocycles. The number of hydrogen-bond donors (Lipinski definition) is 1. The molecule has 3 rings (SSSR count). The van der Waals surface area contributed by atoms with Crippen LogP contribution in [0.5, 0.6) is 0 Å². The van der Waals surface area contributed by atoms with Crippen molar-refractivity contribution in [3.8, 4) is 0 Å². The van der Waals surface area contributed by atoms with Gasteiger partial charge in [0.05, 0.1) is 11.1 Å². The van der Waals surface area contributed by atoms with Crippen molar-refractivity contribution in [2.75, 3.05) is 6.54 Å². The molecule has 114 valence electrons. The van der Waals surface area contributed by atoms with Gasteiger partial charge >= 0.3 is 5.97 Å². The Morgan fingerprint density at radius 2 is 2.00 bits per heavy atom. The summed E-state index contributed by atoms with van der Waals surface area (Å²) in [5.74, 6) is -1.26. The molecule has 1 aromatic carbocycles. The number of carboxylic acid groups (broad SMARTS) is 1. The first-order valence-corrected chi connectivity index (χ1v) is 7.29. The van der Waals surface area contributed by atoms with Crippen molar-refractivity contribution in [2.45, 2.75) is 31.7 Å². The summed E-state index contributed by atoms with van der Waals surface area (Å²) in [5, 5.41) is 9.56. The molecule has 6 heteroatoms. The molecule has 1 atom stereocenters. The van der Waals surface area contributed by atoms with Gasteiger partial charge in [0, 0.05) is 18.9 Å². The first kappa shape index (κ1) is 14.4. The van der Waals surface area contributed by atoms with Gasteiger partial charge in [0.2, 0.25) is 0 Å². The van der Waals surface area contributed by atoms with Gasteiger partial charge in [-0.05, 0) is 38.3 Å². The second kappa shape index (κ2) is 5.36. The first-order chi connectivity index (χ1) is 10.5. The normalized spacial score (nSPS) is 21.8. The molecule has 6 nitrogen and oxygen atoms in total. The summed E-state index contributed by atoms with van der Waals surface area (Å²) in [5.41, 5.74) is 0.371. The fourth-order valence-electron chi connectivity index (χ4n) is 2.98. The Balaban J connectivity index is 2.07. The Kier molecular flexibility index (Phi) is 3.52. The molecule has 1 amide bonds. The molecule has 1 fully saturated rings. The van der Waals surface area contributed by atoms with Crippen LogP contribution in [0.2, 0.25) is 0 Å². The number of piperidine rings is 1. The van der Waals surface area contributed by atoms with Crippen molar-refractivity contribution in [2.24, 2.45) is 0 Å². The number of aliphatic carboxylic acids is 1. The highest BCUT2D eigenvalue weighted by molar-refractivity contribution is 6.06. The molecule has 1 saturated heterocycles. The lowest BCUT2D eigenvalue weighted by atomic mass is 9.87. The second-order valence-corrected chi connectivity index (χ2v) is 5.72. The smallest absolute Gasteiger partial charge is 0.329 e. The van der Waals surface area contributed by atoms with E-state index >= 15 is 0 Å². The van der Waals surface area contributed by atoms with Crippen LogP contribution in [0.3, 0.4) is 0 Å². The zero-order valence-electron chi connectivity index (χ0n) is 12.3. The van der Waals surface area contributed by atoms with Crippen molar-refractivity contribution < 1.29 is 14.7 Å². The fourth-order valence-corrected chi connectivity index (χ4v) is 2.98. The maximum Gasteiger partial charge on any atom is 0.329 e. The topological polar surface area (TPSA) is 83.4 Å². The summed E-state index contributed by atoms with van der Waals surface area (Å²) in [6.45, 7) is 2.06. The van der Waals surface area contributed by atoms with Crippen LogP contribution in [0.15, 0.2) is 30.6 Å². The number of hydrogen-bond acceptors (Lipinski definition) is 4. The third-order valence-electron chi connectivity index (χ3n) is 4.33. The third-order valence-corrected chi connectivity index (χ3v) is 4.33. The standard InChI is InChI=1S/C16H17N3O3/c1-16(15(21)22)7-2-3-10-19(16)14(20)11-5-4-6-12-13(11)18-9-8-17-12/h4-6,8-9H,2-3,7,10H2,1H3,(H,21,22). The van der Waals surface area contributed by atoms with Gasteiger partial charge in [-0.1, -0.05) is 6.07 Å². The summed E-state index contributed by atoms with van der Waals surface area (Å²) >= 11 is 0. The maximum absolute atomic E-state index is 12.9. The molecule has 0 radical (unpaired) electrons. The molecular weight excluding hydrogens is 282 g/mol. The second-order valence-electron chi connectivity index (χ2n) is 5.72. The minimum atomic E-state index is -1.17. The highest BCUT2D eigenvalue weighted by Crippen LogP contribution is 2.30. The number of carbonyl (C=O) groups excluding carboxylic acids is 1. The van der Waals surface area contributed by atoms with E-state index in [1.807, 2.05) is 0 Å². The van der Waals surface area contributed by atoms with Gasteiger partial charge in [0.15, 0.2) is 0 Å². The molecule has 2 aromatic rings. The summed E-state index contributed by atoms with van der Waals surface area (Å²) in [7, 11) is 0. The Morgan fingerprint density at radius 3 is 2.77 bits per heavy atom. The Labute approximate surface area is 127 Å². The largest absolute Gasteiger partial charge is 0.480 e. The van der Waals surface area contributed by atoms with Gasteiger partial charge in [-0.15, -0.1) is 0 Å². The van der Waals surface area contributed by atoms with Crippen LogP contribution >= 0.6 is 0 Å². The van der Waals surface area contributed by atoms with Crippen molar-refractivity contribution in [3.05, 3.63) is 36.2 Å².